The Hall–Kier alpha value is -1.31. The van der Waals surface area contributed by atoms with Crippen molar-refractivity contribution in [1.29, 1.82) is 0 Å². The number of thioether (sulfide) groups is 1. The number of fused-ring (bicyclic) bond motifs is 1. The van der Waals surface area contributed by atoms with Gasteiger partial charge in [-0.1, -0.05) is 0 Å². The van der Waals surface area contributed by atoms with Crippen molar-refractivity contribution in [1.82, 2.24) is 4.98 Å². The predicted molar refractivity (Wildman–Crippen MR) is 50.9 cm³/mol. The molecule has 0 aliphatic carbocycles. The molecule has 1 heterocycles. The van der Waals surface area contributed by atoms with E-state index in [0.717, 1.165) is 12.1 Å². The standard InChI is InChI=1S/C9H4F5NOS/c10-7(11)8-15-5-3-4(17-9(12,13)14)1-2-6(5)16-8/h1-3,7H. The van der Waals surface area contributed by atoms with Crippen molar-refractivity contribution in [3.05, 3.63) is 24.1 Å². The first-order valence-corrected chi connectivity index (χ1v) is 5.11. The minimum atomic E-state index is -4.43. The molecule has 0 N–H and O–H groups in total. The lowest BCUT2D eigenvalue weighted by molar-refractivity contribution is -0.0328. The molecule has 0 saturated heterocycles. The number of alkyl halides is 5. The average Bonchev–Trinajstić information content (AvgIpc) is 2.57. The molecule has 0 amide bonds. The van der Waals surface area contributed by atoms with Gasteiger partial charge in [0.2, 0.25) is 0 Å². The molecule has 0 radical (unpaired) electrons. The third-order valence-electron chi connectivity index (χ3n) is 1.80. The van der Waals surface area contributed by atoms with Gasteiger partial charge in [0.1, 0.15) is 5.52 Å². The fourth-order valence-electron chi connectivity index (χ4n) is 1.22. The van der Waals surface area contributed by atoms with E-state index in [1.807, 2.05) is 0 Å². The van der Waals surface area contributed by atoms with Crippen LogP contribution in [0.2, 0.25) is 0 Å². The van der Waals surface area contributed by atoms with Crippen LogP contribution in [-0.4, -0.2) is 10.5 Å². The van der Waals surface area contributed by atoms with Crippen molar-refractivity contribution >= 4 is 22.9 Å². The van der Waals surface area contributed by atoms with E-state index in [1.165, 1.54) is 6.07 Å². The number of aromatic nitrogens is 1. The van der Waals surface area contributed by atoms with E-state index in [-0.39, 0.29) is 27.8 Å². The Bertz CT molecular complexity index is 536. The number of hydrogen-bond donors (Lipinski definition) is 0. The van der Waals surface area contributed by atoms with Gasteiger partial charge in [0.15, 0.2) is 5.58 Å². The lowest BCUT2D eigenvalue weighted by Gasteiger charge is -2.04. The van der Waals surface area contributed by atoms with Gasteiger partial charge in [-0.2, -0.15) is 22.0 Å². The molecular formula is C9H4F5NOS. The highest BCUT2D eigenvalue weighted by Gasteiger charge is 2.29. The van der Waals surface area contributed by atoms with E-state index in [1.54, 1.807) is 0 Å². The molecule has 0 aliphatic rings. The van der Waals surface area contributed by atoms with E-state index < -0.39 is 17.8 Å². The fraction of sp³-hybridized carbons (Fsp3) is 0.222. The fourth-order valence-corrected chi connectivity index (χ4v) is 1.79. The highest BCUT2D eigenvalue weighted by atomic mass is 32.2. The molecule has 2 rings (SSSR count). The van der Waals surface area contributed by atoms with Gasteiger partial charge in [-0.05, 0) is 30.0 Å². The molecule has 1 aromatic heterocycles. The number of oxazole rings is 1. The Kier molecular flexibility index (Phi) is 2.98. The second kappa shape index (κ2) is 4.17. The molecule has 0 saturated carbocycles. The Morgan fingerprint density at radius 3 is 2.53 bits per heavy atom. The zero-order valence-electron chi connectivity index (χ0n) is 7.96. The third-order valence-corrected chi connectivity index (χ3v) is 2.52. The first-order chi connectivity index (χ1) is 7.85. The summed E-state index contributed by atoms with van der Waals surface area (Å²) in [6.07, 6.45) is -2.89. The molecule has 1 aromatic carbocycles. The summed E-state index contributed by atoms with van der Waals surface area (Å²) >= 11 is -0.336. The maximum absolute atomic E-state index is 12.2. The minimum Gasteiger partial charge on any atom is -0.435 e. The van der Waals surface area contributed by atoms with Gasteiger partial charge in [-0.3, -0.25) is 0 Å². The second-order valence-electron chi connectivity index (χ2n) is 3.03. The molecule has 92 valence electrons. The second-order valence-corrected chi connectivity index (χ2v) is 4.17. The van der Waals surface area contributed by atoms with Gasteiger partial charge >= 0.3 is 11.9 Å². The SMILES string of the molecule is FC(F)c1nc2cc(SC(F)(F)F)ccc2o1. The van der Waals surface area contributed by atoms with E-state index >= 15 is 0 Å². The predicted octanol–water partition coefficient (Wildman–Crippen LogP) is 4.38. The van der Waals surface area contributed by atoms with Crippen molar-refractivity contribution in [2.24, 2.45) is 0 Å². The van der Waals surface area contributed by atoms with E-state index in [4.69, 9.17) is 0 Å². The molecule has 2 aromatic rings. The van der Waals surface area contributed by atoms with Gasteiger partial charge < -0.3 is 4.42 Å². The molecule has 0 aliphatic heterocycles. The molecule has 0 fully saturated rings. The van der Waals surface area contributed by atoms with Crippen LogP contribution < -0.4 is 0 Å². The maximum Gasteiger partial charge on any atom is 0.446 e. The largest absolute Gasteiger partial charge is 0.446 e. The lowest BCUT2D eigenvalue weighted by Crippen LogP contribution is -1.98. The van der Waals surface area contributed by atoms with Crippen molar-refractivity contribution in [3.63, 3.8) is 0 Å². The van der Waals surface area contributed by atoms with Crippen LogP contribution in [0.3, 0.4) is 0 Å². The molecule has 0 atom stereocenters. The van der Waals surface area contributed by atoms with Crippen molar-refractivity contribution in [2.75, 3.05) is 0 Å². The summed E-state index contributed by atoms with van der Waals surface area (Å²) in [6.45, 7) is 0. The van der Waals surface area contributed by atoms with Crippen LogP contribution in [-0.2, 0) is 0 Å². The van der Waals surface area contributed by atoms with Crippen LogP contribution in [0.5, 0.6) is 0 Å². The Balaban J connectivity index is 2.37. The van der Waals surface area contributed by atoms with Crippen molar-refractivity contribution in [3.8, 4) is 0 Å². The Labute approximate surface area is 95.8 Å². The monoisotopic (exact) mass is 269 g/mol. The molecule has 0 unspecified atom stereocenters. The molecule has 0 spiro atoms. The molecule has 2 nitrogen and oxygen atoms in total. The number of hydrogen-bond acceptors (Lipinski definition) is 3. The van der Waals surface area contributed by atoms with Gasteiger partial charge in [0, 0.05) is 4.90 Å². The summed E-state index contributed by atoms with van der Waals surface area (Å²) in [5.41, 5.74) is -4.41. The summed E-state index contributed by atoms with van der Waals surface area (Å²) in [5.74, 6) is -0.797. The minimum absolute atomic E-state index is 0.0189. The van der Waals surface area contributed by atoms with Crippen LogP contribution in [0.25, 0.3) is 11.1 Å². The lowest BCUT2D eigenvalue weighted by atomic mass is 10.3. The number of halogens is 5. The van der Waals surface area contributed by atoms with Gasteiger partial charge in [-0.15, -0.1) is 0 Å². The average molecular weight is 269 g/mol. The first-order valence-electron chi connectivity index (χ1n) is 4.29. The number of rotatable bonds is 2. The van der Waals surface area contributed by atoms with Crippen molar-refractivity contribution in [2.45, 2.75) is 16.8 Å². The quantitative estimate of drug-likeness (QED) is 0.597. The van der Waals surface area contributed by atoms with E-state index in [0.29, 0.717) is 0 Å². The van der Waals surface area contributed by atoms with Crippen LogP contribution in [0.4, 0.5) is 22.0 Å². The zero-order valence-corrected chi connectivity index (χ0v) is 8.78. The summed E-state index contributed by atoms with van der Waals surface area (Å²) in [6, 6.07) is 3.38. The first kappa shape index (κ1) is 12.2. The highest BCUT2D eigenvalue weighted by molar-refractivity contribution is 8.00. The molecule has 0 bridgehead atoms. The van der Waals surface area contributed by atoms with Crippen LogP contribution >= 0.6 is 11.8 Å². The van der Waals surface area contributed by atoms with E-state index in [9.17, 15) is 22.0 Å². The zero-order chi connectivity index (χ0) is 12.6. The maximum atomic E-state index is 12.2. The van der Waals surface area contributed by atoms with Crippen LogP contribution in [0.15, 0.2) is 27.5 Å². The number of benzene rings is 1. The molecule has 17 heavy (non-hydrogen) atoms. The topological polar surface area (TPSA) is 26.0 Å². The normalized spacial score (nSPS) is 12.6. The summed E-state index contributed by atoms with van der Waals surface area (Å²) < 4.78 is 65.4. The summed E-state index contributed by atoms with van der Waals surface area (Å²) in [7, 11) is 0. The van der Waals surface area contributed by atoms with Gasteiger partial charge in [-0.25, -0.2) is 4.98 Å². The Morgan fingerprint density at radius 2 is 1.94 bits per heavy atom. The highest BCUT2D eigenvalue weighted by Crippen LogP contribution is 2.38. The summed E-state index contributed by atoms with van der Waals surface area (Å²) in [4.78, 5) is 3.28. The van der Waals surface area contributed by atoms with Gasteiger partial charge in [0.05, 0.1) is 0 Å². The van der Waals surface area contributed by atoms with Crippen LogP contribution in [0.1, 0.15) is 12.3 Å². The third kappa shape index (κ3) is 2.87. The smallest absolute Gasteiger partial charge is 0.435 e. The van der Waals surface area contributed by atoms with Crippen molar-refractivity contribution < 1.29 is 26.4 Å². The van der Waals surface area contributed by atoms with Gasteiger partial charge in [0.25, 0.3) is 5.89 Å². The number of nitrogens with zero attached hydrogens (tertiary/aromatic N) is 1. The van der Waals surface area contributed by atoms with E-state index in [2.05, 4.69) is 9.40 Å². The summed E-state index contributed by atoms with van der Waals surface area (Å²) in [5, 5.41) is 0. The Morgan fingerprint density at radius 1 is 1.24 bits per heavy atom. The molecule has 8 heteroatoms. The molecular weight excluding hydrogens is 265 g/mol. The van der Waals surface area contributed by atoms with Crippen LogP contribution in [0, 0.1) is 0 Å².